The fourth-order valence-electron chi connectivity index (χ4n) is 4.22. The molecule has 0 saturated carbocycles. The lowest BCUT2D eigenvalue weighted by molar-refractivity contribution is -0.483. The molecule has 3 atom stereocenters. The van der Waals surface area contributed by atoms with Crippen molar-refractivity contribution in [2.75, 3.05) is 5.73 Å². The van der Waals surface area contributed by atoms with Gasteiger partial charge in [0.15, 0.2) is 17.9 Å². The predicted molar refractivity (Wildman–Crippen MR) is 115 cm³/mol. The van der Waals surface area contributed by atoms with E-state index in [2.05, 4.69) is 4.99 Å². The van der Waals surface area contributed by atoms with Crippen LogP contribution in [-0.4, -0.2) is 34.9 Å². The van der Waals surface area contributed by atoms with Crippen LogP contribution in [0.3, 0.4) is 0 Å². The highest BCUT2D eigenvalue weighted by Crippen LogP contribution is 2.31. The van der Waals surface area contributed by atoms with Gasteiger partial charge >= 0.3 is 0 Å². The van der Waals surface area contributed by atoms with Crippen LogP contribution in [0, 0.1) is 5.82 Å². The second-order valence-electron chi connectivity index (χ2n) is 7.77. The number of hydrogen-bond donors (Lipinski definition) is 2. The first-order chi connectivity index (χ1) is 15.1. The van der Waals surface area contributed by atoms with E-state index in [9.17, 15) is 9.18 Å². The van der Waals surface area contributed by atoms with E-state index in [1.807, 2.05) is 36.4 Å². The summed E-state index contributed by atoms with van der Waals surface area (Å²) in [6.45, 7) is 0. The summed E-state index contributed by atoms with van der Waals surface area (Å²) in [5, 5.41) is 0. The number of carbonyl (C=O) groups excluding carboxylic acids is 1. The Bertz CT molecular complexity index is 1160. The molecule has 3 N–H and O–H groups in total. The van der Waals surface area contributed by atoms with Crippen LogP contribution in [0.25, 0.3) is 0 Å². The van der Waals surface area contributed by atoms with Crippen molar-refractivity contribution in [2.24, 2.45) is 4.99 Å². The van der Waals surface area contributed by atoms with Crippen LogP contribution in [0.5, 0.6) is 0 Å². The summed E-state index contributed by atoms with van der Waals surface area (Å²) in [5.41, 5.74) is 7.30. The van der Waals surface area contributed by atoms with Crippen molar-refractivity contribution < 1.29 is 18.6 Å². The largest absolute Gasteiger partial charge is 0.469 e. The summed E-state index contributed by atoms with van der Waals surface area (Å²) < 4.78 is 20.3. The summed E-state index contributed by atoms with van der Waals surface area (Å²) in [7, 11) is 0. The average molecular weight is 417 g/mol. The van der Waals surface area contributed by atoms with Crippen molar-refractivity contribution in [3.63, 3.8) is 0 Å². The third kappa shape index (κ3) is 3.52. The number of fused-ring (bicyclic) bond motifs is 1. The molecule has 0 bridgehead atoms. The summed E-state index contributed by atoms with van der Waals surface area (Å²) in [6.07, 6.45) is 4.35. The lowest BCUT2D eigenvalue weighted by atomic mass is 9.98. The maximum Gasteiger partial charge on any atom is 0.254 e. The van der Waals surface area contributed by atoms with E-state index in [1.165, 1.54) is 6.07 Å². The molecule has 156 valence electrons. The van der Waals surface area contributed by atoms with Crippen LogP contribution in [0.1, 0.15) is 22.9 Å². The molecule has 6 nitrogen and oxygen atoms in total. The molecule has 3 unspecified atom stereocenters. The quantitative estimate of drug-likeness (QED) is 0.620. The Morgan fingerprint density at radius 2 is 1.90 bits per heavy atom. The van der Waals surface area contributed by atoms with Crippen LogP contribution in [0.2, 0.25) is 0 Å². The van der Waals surface area contributed by atoms with E-state index in [-0.39, 0.29) is 17.6 Å². The molecule has 1 aromatic heterocycles. The minimum absolute atomic E-state index is 0.0505. The fourth-order valence-corrected chi connectivity index (χ4v) is 4.22. The van der Waals surface area contributed by atoms with Crippen molar-refractivity contribution in [2.45, 2.75) is 31.0 Å². The van der Waals surface area contributed by atoms with Gasteiger partial charge in [0.05, 0.1) is 12.0 Å². The van der Waals surface area contributed by atoms with E-state index < -0.39 is 17.9 Å². The first-order valence-electron chi connectivity index (χ1n) is 10.2. The highest BCUT2D eigenvalue weighted by atomic mass is 19.1. The van der Waals surface area contributed by atoms with E-state index in [0.29, 0.717) is 30.0 Å². The molecular formula is C24H22FN4O2+. The van der Waals surface area contributed by atoms with E-state index in [4.69, 9.17) is 15.1 Å². The molecule has 31 heavy (non-hydrogen) atoms. The zero-order chi connectivity index (χ0) is 21.4. The molecule has 0 radical (unpaired) electrons. The van der Waals surface area contributed by atoms with E-state index in [0.717, 1.165) is 5.56 Å². The number of nitrogens with two attached hydrogens (primary N) is 1. The van der Waals surface area contributed by atoms with Gasteiger partial charge in [0.25, 0.3) is 5.91 Å². The lowest BCUT2D eigenvalue weighted by Crippen LogP contribution is -2.85. The van der Waals surface area contributed by atoms with E-state index >= 15 is 0 Å². The average Bonchev–Trinajstić information content (AvgIpc) is 3.41. The minimum atomic E-state index is -0.636. The van der Waals surface area contributed by atoms with Crippen molar-refractivity contribution in [1.82, 2.24) is 4.90 Å². The Balaban J connectivity index is 1.53. The SMILES string of the molecule is Nc1cccc(C2C=[NH+]C(Cc3ccccc3)C3=NC(Cc4ccco4)C(=O)N32)c1F. The number of aliphatic imine (C=N–C) groups is 1. The molecular weight excluding hydrogens is 395 g/mol. The number of amidine groups is 1. The number of halogens is 1. The molecule has 3 aromatic rings. The molecule has 0 aliphatic carbocycles. The molecule has 0 saturated heterocycles. The highest BCUT2D eigenvalue weighted by Gasteiger charge is 2.47. The van der Waals surface area contributed by atoms with Gasteiger partial charge in [-0.2, -0.15) is 0 Å². The third-order valence-corrected chi connectivity index (χ3v) is 5.74. The number of carbonyl (C=O) groups is 1. The van der Waals surface area contributed by atoms with Crippen molar-refractivity contribution >= 4 is 23.6 Å². The third-order valence-electron chi connectivity index (χ3n) is 5.74. The number of furan rings is 1. The first-order valence-corrected chi connectivity index (χ1v) is 10.2. The van der Waals surface area contributed by atoms with Gasteiger partial charge in [0, 0.05) is 18.4 Å². The monoisotopic (exact) mass is 417 g/mol. The molecule has 3 heterocycles. The number of rotatable bonds is 5. The Kier molecular flexibility index (Phi) is 4.86. The smallest absolute Gasteiger partial charge is 0.254 e. The molecule has 1 amide bonds. The Labute approximate surface area is 178 Å². The normalized spacial score (nSPS) is 22.5. The van der Waals surface area contributed by atoms with Crippen LogP contribution < -0.4 is 10.7 Å². The number of benzene rings is 2. The van der Waals surface area contributed by atoms with Crippen LogP contribution >= 0.6 is 0 Å². The molecule has 2 aromatic carbocycles. The molecule has 7 heteroatoms. The van der Waals surface area contributed by atoms with Crippen molar-refractivity contribution in [3.05, 3.63) is 89.6 Å². The number of nitrogens with one attached hydrogen (secondary N) is 1. The van der Waals surface area contributed by atoms with E-state index in [1.54, 1.807) is 35.6 Å². The van der Waals surface area contributed by atoms with Crippen molar-refractivity contribution in [1.29, 1.82) is 0 Å². The maximum atomic E-state index is 14.9. The number of hydrogen-bond acceptors (Lipinski definition) is 4. The first kappa shape index (κ1) is 19.2. The fraction of sp³-hybridized carbons (Fsp3) is 0.208. The molecule has 5 rings (SSSR count). The standard InChI is InChI=1S/C24H21FN4O2/c25-22-17(9-4-10-18(22)26)21-14-27-19(12-15-6-2-1-3-7-15)23-28-20(24(30)29(21)23)13-16-8-5-11-31-16/h1-11,14,19-21H,12-13,26H2/p+1. The number of anilines is 1. The summed E-state index contributed by atoms with van der Waals surface area (Å²) in [4.78, 5) is 23.1. The molecule has 2 aliphatic rings. The van der Waals surface area contributed by atoms with Crippen LogP contribution in [0.4, 0.5) is 10.1 Å². The number of nitrogen functional groups attached to an aromatic ring is 1. The van der Waals surface area contributed by atoms with Gasteiger partial charge in [-0.3, -0.25) is 14.7 Å². The Hall–Kier alpha value is -3.74. The summed E-state index contributed by atoms with van der Waals surface area (Å²) >= 11 is 0. The summed E-state index contributed by atoms with van der Waals surface area (Å²) in [6, 6.07) is 17.0. The zero-order valence-electron chi connectivity index (χ0n) is 16.7. The summed E-state index contributed by atoms with van der Waals surface area (Å²) in [5.74, 6) is 0.605. The highest BCUT2D eigenvalue weighted by molar-refractivity contribution is 6.10. The second-order valence-corrected chi connectivity index (χ2v) is 7.77. The van der Waals surface area contributed by atoms with Gasteiger partial charge in [0.1, 0.15) is 17.8 Å². The zero-order valence-corrected chi connectivity index (χ0v) is 16.7. The van der Waals surface area contributed by atoms with Gasteiger partial charge in [-0.15, -0.1) is 0 Å². The van der Waals surface area contributed by atoms with Gasteiger partial charge in [0.2, 0.25) is 6.04 Å². The molecule has 0 fully saturated rings. The van der Waals surface area contributed by atoms with Gasteiger partial charge in [-0.25, -0.2) is 9.38 Å². The predicted octanol–water partition coefficient (Wildman–Crippen LogP) is 1.67. The molecule has 0 spiro atoms. The Morgan fingerprint density at radius 1 is 1.06 bits per heavy atom. The number of amides is 1. The molecule has 2 aliphatic heterocycles. The van der Waals surface area contributed by atoms with Gasteiger partial charge in [-0.1, -0.05) is 42.5 Å². The van der Waals surface area contributed by atoms with Crippen molar-refractivity contribution in [3.8, 4) is 0 Å². The minimum Gasteiger partial charge on any atom is -0.469 e. The number of nitrogens with zero attached hydrogens (tertiary/aromatic N) is 2. The second kappa shape index (κ2) is 7.83. The maximum absolute atomic E-state index is 14.9. The van der Waals surface area contributed by atoms with Crippen LogP contribution in [-0.2, 0) is 17.6 Å². The lowest BCUT2D eigenvalue weighted by Gasteiger charge is -2.30. The van der Waals surface area contributed by atoms with Gasteiger partial charge < -0.3 is 10.2 Å². The topological polar surface area (TPSA) is 85.8 Å². The Morgan fingerprint density at radius 3 is 2.68 bits per heavy atom. The van der Waals surface area contributed by atoms with Gasteiger partial charge in [-0.05, 0) is 23.8 Å². The van der Waals surface area contributed by atoms with Crippen LogP contribution in [0.15, 0.2) is 76.3 Å².